The number of ether oxygens (including phenoxy) is 2. The molecule has 1 unspecified atom stereocenters. The fourth-order valence-electron chi connectivity index (χ4n) is 0.933. The van der Waals surface area contributed by atoms with Crippen LogP contribution in [0.4, 0.5) is 0 Å². The van der Waals surface area contributed by atoms with Crippen molar-refractivity contribution in [2.24, 2.45) is 10.9 Å². The molecule has 0 aliphatic carbocycles. The molecule has 0 aromatic heterocycles. The van der Waals surface area contributed by atoms with Gasteiger partial charge in [-0.05, 0) is 0 Å². The maximum absolute atomic E-state index is 5.25. The zero-order valence-corrected chi connectivity index (χ0v) is 6.75. The Morgan fingerprint density at radius 2 is 2.73 bits per heavy atom. The van der Waals surface area contributed by atoms with Crippen LogP contribution in [0.1, 0.15) is 6.92 Å². The molecule has 0 aromatic carbocycles. The number of hydrogen-bond acceptors (Lipinski definition) is 3. The lowest BCUT2D eigenvalue weighted by molar-refractivity contribution is 0.213. The van der Waals surface area contributed by atoms with E-state index in [0.717, 1.165) is 12.4 Å². The number of rotatable bonds is 4. The lowest BCUT2D eigenvalue weighted by Crippen LogP contribution is -2.16. The summed E-state index contributed by atoms with van der Waals surface area (Å²) >= 11 is 0. The molecule has 11 heavy (non-hydrogen) atoms. The topological polar surface area (TPSA) is 30.8 Å². The van der Waals surface area contributed by atoms with Gasteiger partial charge in [0.15, 0.2) is 5.90 Å². The van der Waals surface area contributed by atoms with E-state index < -0.39 is 0 Å². The fraction of sp³-hybridized carbons (Fsp3) is 0.625. The van der Waals surface area contributed by atoms with Crippen LogP contribution in [0.2, 0.25) is 0 Å². The van der Waals surface area contributed by atoms with Crippen molar-refractivity contribution in [3.8, 4) is 0 Å². The summed E-state index contributed by atoms with van der Waals surface area (Å²) in [5.74, 6) is 1.06. The first-order valence-electron chi connectivity index (χ1n) is 3.74. The summed E-state index contributed by atoms with van der Waals surface area (Å²) < 4.78 is 10.3. The van der Waals surface area contributed by atoms with E-state index >= 15 is 0 Å². The van der Waals surface area contributed by atoms with Crippen LogP contribution in [0.25, 0.3) is 0 Å². The minimum Gasteiger partial charge on any atom is -0.501 e. The first kappa shape index (κ1) is 8.11. The molecule has 1 atom stereocenters. The zero-order chi connectivity index (χ0) is 8.10. The molecule has 3 heteroatoms. The zero-order valence-electron chi connectivity index (χ0n) is 6.75. The van der Waals surface area contributed by atoms with Crippen molar-refractivity contribution in [2.75, 3.05) is 19.8 Å². The van der Waals surface area contributed by atoms with Crippen molar-refractivity contribution in [3.63, 3.8) is 0 Å². The van der Waals surface area contributed by atoms with Crippen LogP contribution in [-0.4, -0.2) is 25.7 Å². The van der Waals surface area contributed by atoms with E-state index in [-0.39, 0.29) is 5.92 Å². The molecule has 0 aromatic rings. The molecule has 3 nitrogen and oxygen atoms in total. The third-order valence-electron chi connectivity index (χ3n) is 1.49. The van der Waals surface area contributed by atoms with Crippen LogP contribution in [0.15, 0.2) is 17.8 Å². The van der Waals surface area contributed by atoms with Crippen LogP contribution in [0.5, 0.6) is 0 Å². The van der Waals surface area contributed by atoms with Gasteiger partial charge in [-0.2, -0.15) is 0 Å². The Morgan fingerprint density at radius 3 is 3.27 bits per heavy atom. The van der Waals surface area contributed by atoms with Gasteiger partial charge < -0.3 is 9.47 Å². The summed E-state index contributed by atoms with van der Waals surface area (Å²) in [6.07, 6.45) is 1.44. The summed E-state index contributed by atoms with van der Waals surface area (Å²) in [6, 6.07) is 0. The number of nitrogens with zero attached hydrogens (tertiary/aromatic N) is 1. The van der Waals surface area contributed by atoms with Crippen LogP contribution in [0.3, 0.4) is 0 Å². The summed E-state index contributed by atoms with van der Waals surface area (Å²) in [5.41, 5.74) is 0. The summed E-state index contributed by atoms with van der Waals surface area (Å²) in [7, 11) is 0. The van der Waals surface area contributed by atoms with Gasteiger partial charge in [0.1, 0.15) is 6.61 Å². The summed E-state index contributed by atoms with van der Waals surface area (Å²) in [4.78, 5) is 4.17. The maximum atomic E-state index is 5.25. The average Bonchev–Trinajstić information content (AvgIpc) is 2.52. The first-order chi connectivity index (χ1) is 5.34. The predicted octanol–water partition coefficient (Wildman–Crippen LogP) is 1.21. The monoisotopic (exact) mass is 155 g/mol. The van der Waals surface area contributed by atoms with E-state index in [4.69, 9.17) is 9.47 Å². The molecule has 62 valence electrons. The Kier molecular flexibility index (Phi) is 2.95. The molecule has 0 N–H and O–H groups in total. The van der Waals surface area contributed by atoms with Gasteiger partial charge in [0.05, 0.1) is 25.3 Å². The minimum absolute atomic E-state index is 0.246. The largest absolute Gasteiger partial charge is 0.501 e. The van der Waals surface area contributed by atoms with Crippen molar-refractivity contribution in [1.29, 1.82) is 0 Å². The Balaban J connectivity index is 2.28. The van der Waals surface area contributed by atoms with Crippen molar-refractivity contribution in [3.05, 3.63) is 12.8 Å². The second-order valence-corrected chi connectivity index (χ2v) is 2.47. The Labute approximate surface area is 66.7 Å². The van der Waals surface area contributed by atoms with Crippen LogP contribution in [-0.2, 0) is 9.47 Å². The quantitative estimate of drug-likeness (QED) is 0.571. The molecule has 0 spiro atoms. The highest BCUT2D eigenvalue weighted by Gasteiger charge is 2.15. The third kappa shape index (κ3) is 2.26. The van der Waals surface area contributed by atoms with Gasteiger partial charge in [-0.25, -0.2) is 0 Å². The van der Waals surface area contributed by atoms with E-state index in [0.29, 0.717) is 13.2 Å². The third-order valence-corrected chi connectivity index (χ3v) is 1.49. The smallest absolute Gasteiger partial charge is 0.189 e. The van der Waals surface area contributed by atoms with Gasteiger partial charge in [-0.3, -0.25) is 4.99 Å². The normalized spacial score (nSPS) is 18.5. The molecule has 0 saturated heterocycles. The Bertz CT molecular complexity index is 165. The van der Waals surface area contributed by atoms with Gasteiger partial charge in [0.25, 0.3) is 0 Å². The molecule has 0 radical (unpaired) electrons. The highest BCUT2D eigenvalue weighted by molar-refractivity contribution is 5.79. The highest BCUT2D eigenvalue weighted by Crippen LogP contribution is 2.06. The van der Waals surface area contributed by atoms with Crippen molar-refractivity contribution < 1.29 is 9.47 Å². The second-order valence-electron chi connectivity index (χ2n) is 2.47. The first-order valence-corrected chi connectivity index (χ1v) is 3.74. The lowest BCUT2D eigenvalue weighted by Gasteiger charge is -2.09. The van der Waals surface area contributed by atoms with Gasteiger partial charge in [0, 0.05) is 0 Å². The van der Waals surface area contributed by atoms with Gasteiger partial charge in [-0.15, -0.1) is 0 Å². The van der Waals surface area contributed by atoms with E-state index in [2.05, 4.69) is 11.6 Å². The summed E-state index contributed by atoms with van der Waals surface area (Å²) in [6.45, 7) is 7.58. The van der Waals surface area contributed by atoms with Gasteiger partial charge in [-0.1, -0.05) is 13.5 Å². The number of hydrogen-bond donors (Lipinski definition) is 0. The molecule has 1 aliphatic heterocycles. The molecular weight excluding hydrogens is 142 g/mol. The molecule has 0 bridgehead atoms. The molecule has 0 fully saturated rings. The summed E-state index contributed by atoms with van der Waals surface area (Å²) in [5, 5.41) is 0. The highest BCUT2D eigenvalue weighted by atomic mass is 16.5. The predicted molar refractivity (Wildman–Crippen MR) is 43.6 cm³/mol. The van der Waals surface area contributed by atoms with Crippen molar-refractivity contribution in [1.82, 2.24) is 0 Å². The minimum atomic E-state index is 0.246. The van der Waals surface area contributed by atoms with E-state index in [1.807, 2.05) is 6.92 Å². The average molecular weight is 155 g/mol. The van der Waals surface area contributed by atoms with Crippen LogP contribution < -0.4 is 0 Å². The van der Waals surface area contributed by atoms with E-state index in [1.54, 1.807) is 0 Å². The Hall–Kier alpha value is -0.990. The van der Waals surface area contributed by atoms with Crippen LogP contribution >= 0.6 is 0 Å². The van der Waals surface area contributed by atoms with E-state index in [9.17, 15) is 0 Å². The van der Waals surface area contributed by atoms with Crippen molar-refractivity contribution >= 4 is 5.90 Å². The standard InChI is InChI=1S/C8H13NO2/c1-3-10-6-7(2)8-9-4-5-11-8/h3,7H,1,4-6H2,2H3. The molecule has 1 rings (SSSR count). The maximum Gasteiger partial charge on any atom is 0.189 e. The molecule has 0 saturated carbocycles. The van der Waals surface area contributed by atoms with Crippen LogP contribution in [0, 0.1) is 5.92 Å². The van der Waals surface area contributed by atoms with E-state index in [1.165, 1.54) is 6.26 Å². The molecular formula is C8H13NO2. The van der Waals surface area contributed by atoms with Gasteiger partial charge in [0.2, 0.25) is 0 Å². The van der Waals surface area contributed by atoms with Gasteiger partial charge >= 0.3 is 0 Å². The lowest BCUT2D eigenvalue weighted by atomic mass is 10.2. The number of aliphatic imine (C=N–C) groups is 1. The fourth-order valence-corrected chi connectivity index (χ4v) is 0.933. The molecule has 1 aliphatic rings. The molecule has 1 heterocycles. The van der Waals surface area contributed by atoms with Crippen molar-refractivity contribution in [2.45, 2.75) is 6.92 Å². The Morgan fingerprint density at radius 1 is 1.91 bits per heavy atom. The molecule has 0 amide bonds. The second kappa shape index (κ2) is 4.01. The SMILES string of the molecule is C=COCC(C)C1=NCCO1.